The molecule has 4 rings (SSSR count). The van der Waals surface area contributed by atoms with Gasteiger partial charge in [0.25, 0.3) is 5.91 Å². The molecule has 0 saturated carbocycles. The topological polar surface area (TPSA) is 123 Å². The maximum Gasteiger partial charge on any atom is 0.351 e. The lowest BCUT2D eigenvalue weighted by Crippen LogP contribution is -2.41. The molecule has 9 nitrogen and oxygen atoms in total. The molecule has 11 heteroatoms. The minimum Gasteiger partial charge on any atom is -0.493 e. The van der Waals surface area contributed by atoms with Crippen LogP contribution in [0.5, 0.6) is 5.75 Å². The van der Waals surface area contributed by atoms with E-state index in [4.69, 9.17) is 14.6 Å². The molecule has 1 aromatic carbocycles. The summed E-state index contributed by atoms with van der Waals surface area (Å²) in [5.41, 5.74) is 0.178. The van der Waals surface area contributed by atoms with Crippen LogP contribution < -0.4 is 15.7 Å². The molecule has 2 aromatic rings. The van der Waals surface area contributed by atoms with Crippen molar-refractivity contribution in [1.82, 2.24) is 9.55 Å². The predicted molar refractivity (Wildman–Crippen MR) is 98.7 cm³/mol. The molecule has 3 N–H and O–H groups in total. The van der Waals surface area contributed by atoms with E-state index in [1.807, 2.05) is 0 Å². The molecule has 0 bridgehead atoms. The van der Waals surface area contributed by atoms with Crippen LogP contribution in [-0.4, -0.2) is 57.0 Å². The van der Waals surface area contributed by atoms with Crippen molar-refractivity contribution in [2.24, 2.45) is 0 Å². The second kappa shape index (κ2) is 7.74. The molecule has 3 atom stereocenters. The highest BCUT2D eigenvalue weighted by molar-refractivity contribution is 6.04. The Morgan fingerprint density at radius 3 is 2.87 bits per heavy atom. The SMILES string of the molecule is O=C(Nc1ccn([C@@H]2O[C@H](CO)[C@@H](O)C2(F)F)c(=O)n1)c1ccc2c(c1)OCCC2. The van der Waals surface area contributed by atoms with Crippen LogP contribution in [0.2, 0.25) is 0 Å². The largest absolute Gasteiger partial charge is 0.493 e. The Morgan fingerprint density at radius 2 is 2.17 bits per heavy atom. The lowest BCUT2D eigenvalue weighted by molar-refractivity contribution is -0.140. The average molecular weight is 423 g/mol. The Kier molecular flexibility index (Phi) is 5.26. The summed E-state index contributed by atoms with van der Waals surface area (Å²) in [6.45, 7) is -0.272. The van der Waals surface area contributed by atoms with Crippen molar-refractivity contribution in [2.75, 3.05) is 18.5 Å². The Labute approximate surface area is 168 Å². The second-order valence-corrected chi connectivity index (χ2v) is 7.06. The fourth-order valence-corrected chi connectivity index (χ4v) is 3.45. The van der Waals surface area contributed by atoms with Gasteiger partial charge in [-0.1, -0.05) is 6.07 Å². The standard InChI is InChI=1S/C19H19F2N3O6/c20-19(21)15(26)13(9-25)30-17(19)24-6-5-14(23-18(24)28)22-16(27)11-4-3-10-2-1-7-29-12(10)8-11/h3-6,8,13,15,17,25-26H,1-2,7,9H2,(H,22,23,27,28)/t13-,15-,17-/m1/s1. The van der Waals surface area contributed by atoms with Gasteiger partial charge in [-0.3, -0.25) is 9.36 Å². The van der Waals surface area contributed by atoms with Crippen LogP contribution in [0.25, 0.3) is 0 Å². The Hall–Kier alpha value is -2.89. The number of halogens is 2. The van der Waals surface area contributed by atoms with Crippen molar-refractivity contribution in [1.29, 1.82) is 0 Å². The number of hydrogen-bond donors (Lipinski definition) is 3. The number of nitrogens with zero attached hydrogens (tertiary/aromatic N) is 2. The first-order valence-electron chi connectivity index (χ1n) is 9.29. The number of aromatic nitrogens is 2. The molecular weight excluding hydrogens is 404 g/mol. The first kappa shape index (κ1) is 20.4. The van der Waals surface area contributed by atoms with Gasteiger partial charge in [-0.25, -0.2) is 4.79 Å². The highest BCUT2D eigenvalue weighted by Crippen LogP contribution is 2.42. The van der Waals surface area contributed by atoms with Crippen molar-refractivity contribution >= 4 is 11.7 Å². The number of hydrogen-bond acceptors (Lipinski definition) is 7. The minimum atomic E-state index is -3.81. The van der Waals surface area contributed by atoms with Crippen molar-refractivity contribution in [2.45, 2.75) is 37.2 Å². The lowest BCUT2D eigenvalue weighted by atomic mass is 10.0. The van der Waals surface area contributed by atoms with E-state index in [1.54, 1.807) is 18.2 Å². The molecule has 1 aromatic heterocycles. The molecule has 160 valence electrons. The van der Waals surface area contributed by atoms with E-state index in [1.165, 1.54) is 0 Å². The second-order valence-electron chi connectivity index (χ2n) is 7.06. The highest BCUT2D eigenvalue weighted by Gasteiger charge is 2.59. The number of carbonyl (C=O) groups excluding carboxylic acids is 1. The van der Waals surface area contributed by atoms with Crippen LogP contribution in [0, 0.1) is 0 Å². The molecule has 3 heterocycles. The summed E-state index contributed by atoms with van der Waals surface area (Å²) in [6, 6.07) is 6.16. The smallest absolute Gasteiger partial charge is 0.351 e. The number of rotatable bonds is 4. The summed E-state index contributed by atoms with van der Waals surface area (Å²) in [5.74, 6) is -3.88. The quantitative estimate of drug-likeness (QED) is 0.662. The fraction of sp³-hybridized carbons (Fsp3) is 0.421. The van der Waals surface area contributed by atoms with Crippen molar-refractivity contribution in [3.05, 3.63) is 52.1 Å². The number of nitrogens with one attached hydrogen (secondary N) is 1. The molecule has 1 fully saturated rings. The molecule has 30 heavy (non-hydrogen) atoms. The fourth-order valence-electron chi connectivity index (χ4n) is 3.45. The number of aliphatic hydroxyl groups is 2. The molecule has 1 saturated heterocycles. The zero-order chi connectivity index (χ0) is 21.5. The number of ether oxygens (including phenoxy) is 2. The zero-order valence-corrected chi connectivity index (χ0v) is 15.6. The van der Waals surface area contributed by atoms with Crippen molar-refractivity contribution < 1.29 is 33.3 Å². The van der Waals surface area contributed by atoms with E-state index in [9.17, 15) is 23.5 Å². The maximum absolute atomic E-state index is 14.2. The first-order valence-corrected chi connectivity index (χ1v) is 9.29. The van der Waals surface area contributed by atoms with Crippen molar-refractivity contribution in [3.8, 4) is 5.75 Å². The van der Waals surface area contributed by atoms with Gasteiger partial charge in [-0.05, 0) is 36.6 Å². The third-order valence-electron chi connectivity index (χ3n) is 5.06. The summed E-state index contributed by atoms with van der Waals surface area (Å²) in [5, 5.41) is 21.1. The zero-order valence-electron chi connectivity index (χ0n) is 15.6. The van der Waals surface area contributed by atoms with E-state index in [2.05, 4.69) is 10.3 Å². The highest BCUT2D eigenvalue weighted by atomic mass is 19.3. The summed E-state index contributed by atoms with van der Waals surface area (Å²) < 4.78 is 39.4. The Bertz CT molecular complexity index is 1030. The van der Waals surface area contributed by atoms with Gasteiger partial charge in [0.15, 0.2) is 6.10 Å². The number of benzene rings is 1. The Morgan fingerprint density at radius 1 is 1.37 bits per heavy atom. The number of carbonyl (C=O) groups is 1. The molecule has 0 aliphatic carbocycles. The van der Waals surface area contributed by atoms with Crippen LogP contribution >= 0.6 is 0 Å². The third kappa shape index (κ3) is 3.55. The molecular formula is C19H19F2N3O6. The number of anilines is 1. The van der Waals surface area contributed by atoms with Crippen LogP contribution in [0.4, 0.5) is 14.6 Å². The van der Waals surface area contributed by atoms with E-state index < -0.39 is 42.6 Å². The average Bonchev–Trinajstić information content (AvgIpc) is 2.96. The van der Waals surface area contributed by atoms with Gasteiger partial charge in [0.1, 0.15) is 17.7 Å². The molecule has 2 aliphatic rings. The first-order chi connectivity index (χ1) is 14.3. The minimum absolute atomic E-state index is 0.138. The van der Waals surface area contributed by atoms with Crippen LogP contribution in [0.15, 0.2) is 35.3 Å². The normalized spacial score (nSPS) is 24.7. The number of aryl methyl sites for hydroxylation is 1. The van der Waals surface area contributed by atoms with Gasteiger partial charge < -0.3 is 25.0 Å². The summed E-state index contributed by atoms with van der Waals surface area (Å²) in [7, 11) is 0. The molecule has 1 amide bonds. The number of fused-ring (bicyclic) bond motifs is 1. The van der Waals surface area contributed by atoms with E-state index in [0.717, 1.165) is 30.7 Å². The Balaban J connectivity index is 1.53. The van der Waals surface area contributed by atoms with Crippen molar-refractivity contribution in [3.63, 3.8) is 0 Å². The summed E-state index contributed by atoms with van der Waals surface area (Å²) in [6.07, 6.45) is -3.21. The number of amides is 1. The molecule has 0 radical (unpaired) electrons. The monoisotopic (exact) mass is 423 g/mol. The van der Waals surface area contributed by atoms with Crippen LogP contribution in [0.3, 0.4) is 0 Å². The number of aliphatic hydroxyl groups excluding tert-OH is 2. The van der Waals surface area contributed by atoms with Gasteiger partial charge in [-0.15, -0.1) is 0 Å². The lowest BCUT2D eigenvalue weighted by Gasteiger charge is -2.21. The maximum atomic E-state index is 14.2. The molecule has 2 aliphatic heterocycles. The van der Waals surface area contributed by atoms with Gasteiger partial charge >= 0.3 is 11.6 Å². The van der Waals surface area contributed by atoms with Gasteiger partial charge in [0.05, 0.1) is 13.2 Å². The van der Waals surface area contributed by atoms with Crippen LogP contribution in [0.1, 0.15) is 28.6 Å². The van der Waals surface area contributed by atoms with Crippen LogP contribution in [-0.2, 0) is 11.2 Å². The van der Waals surface area contributed by atoms with Gasteiger partial charge in [0.2, 0.25) is 6.23 Å². The third-order valence-corrected chi connectivity index (χ3v) is 5.06. The van der Waals surface area contributed by atoms with Gasteiger partial charge in [-0.2, -0.15) is 13.8 Å². The number of alkyl halides is 2. The summed E-state index contributed by atoms with van der Waals surface area (Å²) >= 11 is 0. The van der Waals surface area contributed by atoms with E-state index >= 15 is 0 Å². The van der Waals surface area contributed by atoms with E-state index in [-0.39, 0.29) is 5.82 Å². The van der Waals surface area contributed by atoms with Gasteiger partial charge in [0, 0.05) is 11.8 Å². The van der Waals surface area contributed by atoms with E-state index in [0.29, 0.717) is 22.5 Å². The molecule has 0 unspecified atom stereocenters. The molecule has 0 spiro atoms. The summed E-state index contributed by atoms with van der Waals surface area (Å²) in [4.78, 5) is 28.3. The predicted octanol–water partition coefficient (Wildman–Crippen LogP) is 0.706.